The van der Waals surface area contributed by atoms with Crippen molar-refractivity contribution in [3.8, 4) is 0 Å². The van der Waals surface area contributed by atoms with Crippen molar-refractivity contribution in [2.24, 2.45) is 28.6 Å². The highest BCUT2D eigenvalue weighted by molar-refractivity contribution is 6.69. The molecule has 3 nitrogen and oxygen atoms in total. The van der Waals surface area contributed by atoms with E-state index in [1.165, 1.54) is 12.8 Å². The third-order valence-corrected chi connectivity index (χ3v) is 9.70. The van der Waals surface area contributed by atoms with Crippen LogP contribution >= 0.6 is 0 Å². The quantitative estimate of drug-likeness (QED) is 0.686. The third-order valence-electron chi connectivity index (χ3n) is 8.64. The molecule has 0 radical (unpaired) electrons. The molecule has 0 aromatic rings. The van der Waals surface area contributed by atoms with Crippen LogP contribution in [-0.2, 0) is 9.22 Å². The molecule has 4 rings (SSSR count). The number of ketones is 1. The van der Waals surface area contributed by atoms with Gasteiger partial charge in [0.15, 0.2) is 14.1 Å². The number of carbonyl (C=O) groups excluding carboxylic acids is 1. The first-order valence-corrected chi connectivity index (χ1v) is 14.1. The van der Waals surface area contributed by atoms with Crippen LogP contribution in [0.1, 0.15) is 52.9 Å². The van der Waals surface area contributed by atoms with Crippen LogP contribution in [0.15, 0.2) is 23.8 Å². The Bertz CT molecular complexity index is 720. The lowest BCUT2D eigenvalue weighted by Gasteiger charge is -2.59. The Kier molecular flexibility index (Phi) is 4.28. The predicted molar refractivity (Wildman–Crippen MR) is 111 cm³/mol. The standard InChI is InChI=1S/C23H36O3Si/c1-21-10-7-15(24)13-19(21)20(25)14-16-17(21)8-11-22(2)18(16)9-12-23(22,3)26-27(4,5)6/h7,10,13,16-18,20,25H,8-9,11-12,14H2,1-6H3/t16?,17?,18?,20-,21?,22?,23+/m1/s1. The number of hydrogen-bond donors (Lipinski definition) is 1. The van der Waals surface area contributed by atoms with Crippen LogP contribution in [0.4, 0.5) is 0 Å². The molecule has 0 bridgehead atoms. The molecule has 0 spiro atoms. The first kappa shape index (κ1) is 19.6. The van der Waals surface area contributed by atoms with Crippen LogP contribution < -0.4 is 0 Å². The summed E-state index contributed by atoms with van der Waals surface area (Å²) in [5, 5.41) is 11.0. The summed E-state index contributed by atoms with van der Waals surface area (Å²) < 4.78 is 6.82. The lowest BCUT2D eigenvalue weighted by atomic mass is 9.47. The van der Waals surface area contributed by atoms with E-state index in [9.17, 15) is 9.90 Å². The Morgan fingerprint density at radius 1 is 1.11 bits per heavy atom. The monoisotopic (exact) mass is 388 g/mol. The van der Waals surface area contributed by atoms with Gasteiger partial charge in [-0.15, -0.1) is 0 Å². The second kappa shape index (κ2) is 5.90. The topological polar surface area (TPSA) is 46.5 Å². The Hall–Kier alpha value is -0.713. The Labute approximate surface area is 165 Å². The molecule has 27 heavy (non-hydrogen) atoms. The molecule has 4 aliphatic rings. The van der Waals surface area contributed by atoms with E-state index in [2.05, 4.69) is 46.5 Å². The second-order valence-electron chi connectivity index (χ2n) is 11.2. The molecule has 0 heterocycles. The van der Waals surface area contributed by atoms with Crippen molar-refractivity contribution in [3.05, 3.63) is 23.8 Å². The van der Waals surface area contributed by atoms with Gasteiger partial charge < -0.3 is 9.53 Å². The summed E-state index contributed by atoms with van der Waals surface area (Å²) in [5.41, 5.74) is 0.919. The molecule has 5 unspecified atom stereocenters. The number of fused-ring (bicyclic) bond motifs is 5. The maximum absolute atomic E-state index is 11.9. The Morgan fingerprint density at radius 3 is 2.44 bits per heavy atom. The first-order chi connectivity index (χ1) is 12.4. The molecule has 0 aromatic carbocycles. The molecule has 1 N–H and O–H groups in total. The lowest BCUT2D eigenvalue weighted by Crippen LogP contribution is -2.57. The molecule has 150 valence electrons. The SMILES string of the molecule is CC12C=CC(=O)C=C1[C@H](O)CC1C2CCC2(C)C1CC[C@]2(C)O[Si](C)(C)C. The minimum Gasteiger partial charge on any atom is -0.412 e. The third kappa shape index (κ3) is 2.78. The molecule has 0 aromatic heterocycles. The summed E-state index contributed by atoms with van der Waals surface area (Å²) in [6.45, 7) is 14.0. The van der Waals surface area contributed by atoms with Crippen molar-refractivity contribution in [3.63, 3.8) is 0 Å². The van der Waals surface area contributed by atoms with Crippen LogP contribution in [0.2, 0.25) is 19.6 Å². The van der Waals surface area contributed by atoms with Crippen molar-refractivity contribution in [1.29, 1.82) is 0 Å². The van der Waals surface area contributed by atoms with Crippen molar-refractivity contribution in [2.75, 3.05) is 0 Å². The van der Waals surface area contributed by atoms with Crippen LogP contribution in [0.25, 0.3) is 0 Å². The van der Waals surface area contributed by atoms with Gasteiger partial charge in [0.05, 0.1) is 11.7 Å². The molecular weight excluding hydrogens is 352 g/mol. The minimum absolute atomic E-state index is 0.0256. The van der Waals surface area contributed by atoms with E-state index >= 15 is 0 Å². The van der Waals surface area contributed by atoms with Crippen LogP contribution in [0.3, 0.4) is 0 Å². The summed E-state index contributed by atoms with van der Waals surface area (Å²) in [5.74, 6) is 1.64. The highest BCUT2D eigenvalue weighted by Gasteiger charge is 2.64. The maximum Gasteiger partial charge on any atom is 0.184 e. The molecule has 4 aliphatic carbocycles. The van der Waals surface area contributed by atoms with Crippen molar-refractivity contribution < 1.29 is 14.3 Å². The summed E-state index contributed by atoms with van der Waals surface area (Å²) in [6.07, 6.45) is 10.5. The molecule has 0 saturated heterocycles. The Morgan fingerprint density at radius 2 is 1.78 bits per heavy atom. The molecule has 0 aliphatic heterocycles. The van der Waals surface area contributed by atoms with Gasteiger partial charge in [0.2, 0.25) is 0 Å². The van der Waals surface area contributed by atoms with E-state index < -0.39 is 14.4 Å². The van der Waals surface area contributed by atoms with E-state index in [1.54, 1.807) is 12.2 Å². The lowest BCUT2D eigenvalue weighted by molar-refractivity contribution is -0.116. The number of rotatable bonds is 2. The van der Waals surface area contributed by atoms with Gasteiger partial charge in [-0.3, -0.25) is 4.79 Å². The van der Waals surface area contributed by atoms with Gasteiger partial charge in [-0.25, -0.2) is 0 Å². The summed E-state index contributed by atoms with van der Waals surface area (Å²) >= 11 is 0. The largest absolute Gasteiger partial charge is 0.412 e. The van der Waals surface area contributed by atoms with Crippen molar-refractivity contribution in [1.82, 2.24) is 0 Å². The van der Waals surface area contributed by atoms with Gasteiger partial charge in [-0.2, -0.15) is 0 Å². The molecule has 4 heteroatoms. The van der Waals surface area contributed by atoms with Crippen LogP contribution in [-0.4, -0.2) is 30.9 Å². The maximum atomic E-state index is 11.9. The minimum atomic E-state index is -1.63. The number of hydrogen-bond acceptors (Lipinski definition) is 3. The van der Waals surface area contributed by atoms with Crippen molar-refractivity contribution in [2.45, 2.75) is 84.2 Å². The first-order valence-electron chi connectivity index (χ1n) is 10.7. The number of allylic oxidation sites excluding steroid dienone is 3. The number of aliphatic hydroxyl groups excluding tert-OH is 1. The molecule has 7 atom stereocenters. The zero-order valence-electron chi connectivity index (χ0n) is 17.8. The van der Waals surface area contributed by atoms with Crippen LogP contribution in [0.5, 0.6) is 0 Å². The average Bonchev–Trinajstić information content (AvgIpc) is 2.79. The fourth-order valence-electron chi connectivity index (χ4n) is 7.32. The second-order valence-corrected chi connectivity index (χ2v) is 15.6. The van der Waals surface area contributed by atoms with E-state index in [1.807, 2.05) is 0 Å². The summed E-state index contributed by atoms with van der Waals surface area (Å²) in [4.78, 5) is 11.9. The fourth-order valence-corrected chi connectivity index (χ4v) is 9.00. The highest BCUT2D eigenvalue weighted by atomic mass is 28.4. The van der Waals surface area contributed by atoms with E-state index in [-0.39, 0.29) is 22.2 Å². The van der Waals surface area contributed by atoms with Crippen molar-refractivity contribution >= 4 is 14.1 Å². The highest BCUT2D eigenvalue weighted by Crippen LogP contribution is 2.67. The smallest absolute Gasteiger partial charge is 0.184 e. The van der Waals surface area contributed by atoms with Gasteiger partial charge in [0, 0.05) is 5.41 Å². The normalized spacial score (nSPS) is 49.3. The zero-order chi connectivity index (χ0) is 19.8. The molecule has 3 saturated carbocycles. The number of carbonyl (C=O) groups is 1. The zero-order valence-corrected chi connectivity index (χ0v) is 18.8. The predicted octanol–water partition coefficient (Wildman–Crippen LogP) is 4.88. The van der Waals surface area contributed by atoms with Crippen LogP contribution in [0, 0.1) is 28.6 Å². The molecule has 0 amide bonds. The van der Waals surface area contributed by atoms with E-state index in [4.69, 9.17) is 4.43 Å². The van der Waals surface area contributed by atoms with Gasteiger partial charge in [0.25, 0.3) is 0 Å². The van der Waals surface area contributed by atoms with Gasteiger partial charge in [-0.1, -0.05) is 19.9 Å². The Balaban J connectivity index is 1.69. The number of aliphatic hydroxyl groups is 1. The summed E-state index contributed by atoms with van der Waals surface area (Å²) in [6, 6.07) is 0. The van der Waals surface area contributed by atoms with Gasteiger partial charge in [-0.05, 0) is 99.6 Å². The summed E-state index contributed by atoms with van der Waals surface area (Å²) in [7, 11) is -1.63. The van der Waals surface area contributed by atoms with Gasteiger partial charge >= 0.3 is 0 Å². The molecular formula is C23H36O3Si. The average molecular weight is 389 g/mol. The van der Waals surface area contributed by atoms with E-state index in [0.29, 0.717) is 17.8 Å². The molecule has 3 fully saturated rings. The van der Waals surface area contributed by atoms with Gasteiger partial charge in [0.1, 0.15) is 0 Å². The van der Waals surface area contributed by atoms with E-state index in [0.717, 1.165) is 24.8 Å². The fraction of sp³-hybridized carbons (Fsp3) is 0.783.